The lowest BCUT2D eigenvalue weighted by Crippen LogP contribution is -2.25. The van der Waals surface area contributed by atoms with Crippen LogP contribution in [-0.4, -0.2) is 12.5 Å². The third-order valence-electron chi connectivity index (χ3n) is 4.95. The predicted octanol–water partition coefficient (Wildman–Crippen LogP) is 6.07. The minimum atomic E-state index is -0.0611. The Kier molecular flexibility index (Phi) is 6.21. The maximum atomic E-state index is 12.5. The van der Waals surface area contributed by atoms with Crippen molar-refractivity contribution in [3.05, 3.63) is 120 Å². The van der Waals surface area contributed by atoms with Gasteiger partial charge in [-0.25, -0.2) is 0 Å². The second kappa shape index (κ2) is 9.57. The molecule has 4 rings (SSSR count). The van der Waals surface area contributed by atoms with Crippen LogP contribution in [-0.2, 0) is 6.42 Å². The Morgan fingerprint density at radius 1 is 0.633 bits per heavy atom. The topological polar surface area (TPSA) is 41.1 Å². The zero-order valence-corrected chi connectivity index (χ0v) is 16.7. The van der Waals surface area contributed by atoms with Gasteiger partial charge in [-0.3, -0.25) is 4.79 Å². The van der Waals surface area contributed by atoms with Gasteiger partial charge in [0.2, 0.25) is 0 Å². The summed E-state index contributed by atoms with van der Waals surface area (Å²) in [7, 11) is 0. The molecule has 3 nitrogen and oxygen atoms in total. The first-order valence-corrected chi connectivity index (χ1v) is 10.1. The lowest BCUT2D eigenvalue weighted by Gasteiger charge is -2.10. The van der Waals surface area contributed by atoms with Crippen molar-refractivity contribution in [1.82, 2.24) is 5.32 Å². The Hall–Kier alpha value is -3.85. The first-order chi connectivity index (χ1) is 14.8. The van der Waals surface area contributed by atoms with Crippen LogP contribution in [0.4, 0.5) is 11.4 Å². The molecule has 0 saturated carbocycles. The molecule has 0 aliphatic carbocycles. The molecule has 4 aromatic carbocycles. The molecule has 3 heteroatoms. The molecule has 0 radical (unpaired) electrons. The van der Waals surface area contributed by atoms with Crippen molar-refractivity contribution in [2.45, 2.75) is 6.42 Å². The summed E-state index contributed by atoms with van der Waals surface area (Å²) in [5.74, 6) is -0.0611. The van der Waals surface area contributed by atoms with E-state index in [2.05, 4.69) is 59.2 Å². The molecule has 0 aromatic heterocycles. The fraction of sp³-hybridized carbons (Fsp3) is 0.0741. The van der Waals surface area contributed by atoms with Gasteiger partial charge < -0.3 is 10.6 Å². The van der Waals surface area contributed by atoms with Crippen molar-refractivity contribution in [3.8, 4) is 11.1 Å². The molecule has 148 valence electrons. The molecular weight excluding hydrogens is 368 g/mol. The van der Waals surface area contributed by atoms with E-state index in [0.29, 0.717) is 12.1 Å². The van der Waals surface area contributed by atoms with Gasteiger partial charge in [-0.1, -0.05) is 78.9 Å². The van der Waals surface area contributed by atoms with Crippen molar-refractivity contribution >= 4 is 17.3 Å². The summed E-state index contributed by atoms with van der Waals surface area (Å²) in [6, 6.07) is 36.3. The van der Waals surface area contributed by atoms with E-state index in [1.54, 1.807) is 0 Å². The Bertz CT molecular complexity index is 1090. The number of hydrogen-bond donors (Lipinski definition) is 2. The zero-order valence-electron chi connectivity index (χ0n) is 16.7. The van der Waals surface area contributed by atoms with Gasteiger partial charge in [-0.2, -0.15) is 0 Å². The molecule has 0 heterocycles. The summed E-state index contributed by atoms with van der Waals surface area (Å²) < 4.78 is 0. The first-order valence-electron chi connectivity index (χ1n) is 10.1. The standard InChI is InChI=1S/C27H24N2O/c30-27(28-19-18-21-8-3-1-4-9-21)24-12-7-13-26(20-24)29-25-16-14-23(15-17-25)22-10-5-2-6-11-22/h1-17,20,29H,18-19H2,(H,28,30). The average molecular weight is 393 g/mol. The number of hydrogen-bond acceptors (Lipinski definition) is 2. The minimum Gasteiger partial charge on any atom is -0.356 e. The smallest absolute Gasteiger partial charge is 0.251 e. The largest absolute Gasteiger partial charge is 0.356 e. The van der Waals surface area contributed by atoms with Crippen LogP contribution in [0.25, 0.3) is 11.1 Å². The van der Waals surface area contributed by atoms with Crippen LogP contribution >= 0.6 is 0 Å². The lowest BCUT2D eigenvalue weighted by molar-refractivity contribution is 0.0954. The zero-order chi connectivity index (χ0) is 20.6. The van der Waals surface area contributed by atoms with Gasteiger partial charge in [0.25, 0.3) is 5.91 Å². The Morgan fingerprint density at radius 3 is 2.03 bits per heavy atom. The van der Waals surface area contributed by atoms with Crippen LogP contribution in [0.5, 0.6) is 0 Å². The maximum absolute atomic E-state index is 12.5. The number of anilines is 2. The van der Waals surface area contributed by atoms with Crippen LogP contribution < -0.4 is 10.6 Å². The van der Waals surface area contributed by atoms with Crippen molar-refractivity contribution in [1.29, 1.82) is 0 Å². The van der Waals surface area contributed by atoms with Gasteiger partial charge in [0, 0.05) is 23.5 Å². The van der Waals surface area contributed by atoms with E-state index in [0.717, 1.165) is 17.8 Å². The van der Waals surface area contributed by atoms with E-state index >= 15 is 0 Å². The van der Waals surface area contributed by atoms with Crippen molar-refractivity contribution in [2.75, 3.05) is 11.9 Å². The van der Waals surface area contributed by atoms with E-state index in [4.69, 9.17) is 0 Å². The van der Waals surface area contributed by atoms with Crippen molar-refractivity contribution < 1.29 is 4.79 Å². The minimum absolute atomic E-state index is 0.0611. The van der Waals surface area contributed by atoms with Gasteiger partial charge in [0.05, 0.1) is 0 Å². The van der Waals surface area contributed by atoms with Gasteiger partial charge in [-0.15, -0.1) is 0 Å². The van der Waals surface area contributed by atoms with Crippen LogP contribution in [0.2, 0.25) is 0 Å². The highest BCUT2D eigenvalue weighted by Crippen LogP contribution is 2.23. The number of rotatable bonds is 7. The Balaban J connectivity index is 1.36. The molecule has 0 atom stereocenters. The average Bonchev–Trinajstić information content (AvgIpc) is 2.81. The number of carbonyl (C=O) groups excluding carboxylic acids is 1. The Morgan fingerprint density at radius 2 is 1.30 bits per heavy atom. The molecule has 1 amide bonds. The van der Waals surface area contributed by atoms with Crippen LogP contribution in [0, 0.1) is 0 Å². The summed E-state index contributed by atoms with van der Waals surface area (Å²) >= 11 is 0. The SMILES string of the molecule is O=C(NCCc1ccccc1)c1cccc(Nc2ccc(-c3ccccc3)cc2)c1. The Labute approximate surface area is 177 Å². The third kappa shape index (κ3) is 5.15. The van der Waals surface area contributed by atoms with Gasteiger partial charge >= 0.3 is 0 Å². The number of amides is 1. The van der Waals surface area contributed by atoms with E-state index in [-0.39, 0.29) is 5.91 Å². The van der Waals surface area contributed by atoms with E-state index in [1.165, 1.54) is 16.7 Å². The summed E-state index contributed by atoms with van der Waals surface area (Å²) in [6.45, 7) is 0.613. The fourth-order valence-corrected chi connectivity index (χ4v) is 3.35. The van der Waals surface area contributed by atoms with Crippen molar-refractivity contribution in [3.63, 3.8) is 0 Å². The van der Waals surface area contributed by atoms with E-state index < -0.39 is 0 Å². The molecule has 0 unspecified atom stereocenters. The highest BCUT2D eigenvalue weighted by Gasteiger charge is 2.06. The molecule has 0 aliphatic rings. The molecule has 4 aromatic rings. The summed E-state index contributed by atoms with van der Waals surface area (Å²) in [6.07, 6.45) is 0.818. The summed E-state index contributed by atoms with van der Waals surface area (Å²) in [5.41, 5.74) is 6.10. The fourth-order valence-electron chi connectivity index (χ4n) is 3.35. The van der Waals surface area contributed by atoms with Crippen LogP contribution in [0.1, 0.15) is 15.9 Å². The second-order valence-electron chi connectivity index (χ2n) is 7.14. The monoisotopic (exact) mass is 392 g/mol. The molecule has 0 spiro atoms. The van der Waals surface area contributed by atoms with Gasteiger partial charge in [-0.05, 0) is 53.4 Å². The number of benzene rings is 4. The van der Waals surface area contributed by atoms with Crippen molar-refractivity contribution in [2.24, 2.45) is 0 Å². The molecule has 0 bridgehead atoms. The maximum Gasteiger partial charge on any atom is 0.251 e. The number of carbonyl (C=O) groups is 1. The van der Waals surface area contributed by atoms with Gasteiger partial charge in [0.15, 0.2) is 0 Å². The number of nitrogens with one attached hydrogen (secondary N) is 2. The van der Waals surface area contributed by atoms with Gasteiger partial charge in [0.1, 0.15) is 0 Å². The second-order valence-corrected chi connectivity index (χ2v) is 7.14. The third-order valence-corrected chi connectivity index (χ3v) is 4.95. The highest BCUT2D eigenvalue weighted by molar-refractivity contribution is 5.95. The highest BCUT2D eigenvalue weighted by atomic mass is 16.1. The molecule has 0 saturated heterocycles. The molecule has 2 N–H and O–H groups in total. The molecule has 30 heavy (non-hydrogen) atoms. The molecular formula is C27H24N2O. The molecule has 0 fully saturated rings. The normalized spacial score (nSPS) is 10.4. The lowest BCUT2D eigenvalue weighted by atomic mass is 10.1. The predicted molar refractivity (Wildman–Crippen MR) is 124 cm³/mol. The summed E-state index contributed by atoms with van der Waals surface area (Å²) in [5, 5.41) is 6.38. The van der Waals surface area contributed by atoms with E-state index in [9.17, 15) is 4.79 Å². The first kappa shape index (κ1) is 19.5. The van der Waals surface area contributed by atoms with Crippen LogP contribution in [0.3, 0.4) is 0 Å². The van der Waals surface area contributed by atoms with Crippen LogP contribution in [0.15, 0.2) is 109 Å². The quantitative estimate of drug-likeness (QED) is 0.401. The van der Waals surface area contributed by atoms with E-state index in [1.807, 2.05) is 60.7 Å². The molecule has 0 aliphatic heterocycles. The summed E-state index contributed by atoms with van der Waals surface area (Å²) in [4.78, 5) is 12.5.